The highest BCUT2D eigenvalue weighted by atomic mass is 79.9. The van der Waals surface area contributed by atoms with Crippen molar-refractivity contribution in [2.75, 3.05) is 0 Å². The number of hydrogen-bond donors (Lipinski definition) is 1. The Morgan fingerprint density at radius 3 is 2.70 bits per heavy atom. The van der Waals surface area contributed by atoms with Gasteiger partial charge < -0.3 is 5.32 Å². The summed E-state index contributed by atoms with van der Waals surface area (Å²) in [5.41, 5.74) is 1.92. The van der Waals surface area contributed by atoms with Gasteiger partial charge in [0.1, 0.15) is 10.8 Å². The molecule has 2 aromatic rings. The van der Waals surface area contributed by atoms with Gasteiger partial charge in [-0.1, -0.05) is 36.7 Å². The highest BCUT2D eigenvalue weighted by Crippen LogP contribution is 2.31. The van der Waals surface area contributed by atoms with Crippen LogP contribution in [0.1, 0.15) is 31.3 Å². The van der Waals surface area contributed by atoms with E-state index in [1.165, 1.54) is 17.0 Å². The van der Waals surface area contributed by atoms with Gasteiger partial charge in [0, 0.05) is 27.5 Å². The smallest absolute Gasteiger partial charge is 0.125 e. The third-order valence-corrected chi connectivity index (χ3v) is 4.50. The molecule has 0 aliphatic heterocycles. The summed E-state index contributed by atoms with van der Waals surface area (Å²) in [5.74, 6) is -0.246. The van der Waals surface area contributed by atoms with Gasteiger partial charge in [-0.3, -0.25) is 0 Å². The summed E-state index contributed by atoms with van der Waals surface area (Å²) in [6.45, 7) is 7.16. The number of benzene rings is 1. The molecule has 0 unspecified atom stereocenters. The summed E-state index contributed by atoms with van der Waals surface area (Å²) in [6.07, 6.45) is 0.891. The molecular weight excluding hydrogens is 339 g/mol. The number of rotatable bonds is 5. The van der Waals surface area contributed by atoms with Crippen LogP contribution in [-0.4, -0.2) is 11.0 Å². The maximum atomic E-state index is 13.5. The molecule has 0 spiro atoms. The molecule has 0 saturated carbocycles. The first kappa shape index (κ1) is 15.6. The van der Waals surface area contributed by atoms with Crippen LogP contribution >= 0.6 is 27.3 Å². The molecule has 0 bridgehead atoms. The highest BCUT2D eigenvalue weighted by Gasteiger charge is 2.12. The molecule has 1 heterocycles. The van der Waals surface area contributed by atoms with Crippen LogP contribution in [0.3, 0.4) is 0 Å². The van der Waals surface area contributed by atoms with E-state index in [1.807, 2.05) is 6.07 Å². The summed E-state index contributed by atoms with van der Waals surface area (Å²) in [6, 6.07) is 5.33. The lowest BCUT2D eigenvalue weighted by Crippen LogP contribution is -2.21. The van der Waals surface area contributed by atoms with Crippen molar-refractivity contribution in [1.29, 1.82) is 0 Å². The minimum atomic E-state index is -0.246. The second-order valence-electron chi connectivity index (χ2n) is 4.94. The summed E-state index contributed by atoms with van der Waals surface area (Å²) in [5, 5.41) is 4.29. The zero-order valence-corrected chi connectivity index (χ0v) is 14.2. The van der Waals surface area contributed by atoms with Gasteiger partial charge in [-0.05, 0) is 24.6 Å². The van der Waals surface area contributed by atoms with Gasteiger partial charge in [-0.15, -0.1) is 11.3 Å². The van der Waals surface area contributed by atoms with Crippen molar-refractivity contribution in [3.8, 4) is 10.6 Å². The van der Waals surface area contributed by atoms with Gasteiger partial charge in [0.25, 0.3) is 0 Å². The van der Waals surface area contributed by atoms with E-state index in [0.717, 1.165) is 33.7 Å². The van der Waals surface area contributed by atoms with E-state index in [-0.39, 0.29) is 5.82 Å². The zero-order chi connectivity index (χ0) is 14.7. The van der Waals surface area contributed by atoms with Crippen LogP contribution in [0.25, 0.3) is 10.6 Å². The standard InChI is InChI=1S/C15H18BrFN2S/c1-4-13-14(8-18-9(2)3)20-15(19-13)10-5-11(16)7-12(17)6-10/h5-7,9,18H,4,8H2,1-3H3. The molecule has 0 aliphatic carbocycles. The number of halogens is 2. The van der Waals surface area contributed by atoms with E-state index in [4.69, 9.17) is 0 Å². The number of aryl methyl sites for hydroxylation is 1. The largest absolute Gasteiger partial charge is 0.310 e. The van der Waals surface area contributed by atoms with Gasteiger partial charge in [0.05, 0.1) is 5.69 Å². The van der Waals surface area contributed by atoms with Crippen LogP contribution in [0.2, 0.25) is 0 Å². The second kappa shape index (κ2) is 6.78. The fraction of sp³-hybridized carbons (Fsp3) is 0.400. The van der Waals surface area contributed by atoms with Crippen molar-refractivity contribution in [3.63, 3.8) is 0 Å². The normalized spacial score (nSPS) is 11.3. The molecule has 0 amide bonds. The van der Waals surface area contributed by atoms with E-state index < -0.39 is 0 Å². The van der Waals surface area contributed by atoms with Crippen molar-refractivity contribution in [3.05, 3.63) is 39.1 Å². The molecule has 0 aliphatic rings. The topological polar surface area (TPSA) is 24.9 Å². The van der Waals surface area contributed by atoms with Crippen LogP contribution in [0, 0.1) is 5.82 Å². The van der Waals surface area contributed by atoms with Crippen LogP contribution in [-0.2, 0) is 13.0 Å². The summed E-state index contributed by atoms with van der Waals surface area (Å²) in [7, 11) is 0. The Labute approximate surface area is 131 Å². The molecular formula is C15H18BrFN2S. The maximum absolute atomic E-state index is 13.5. The summed E-state index contributed by atoms with van der Waals surface area (Å²) >= 11 is 4.96. The average Bonchev–Trinajstić information content (AvgIpc) is 2.78. The Balaban J connectivity index is 2.32. The van der Waals surface area contributed by atoms with E-state index in [2.05, 4.69) is 47.0 Å². The van der Waals surface area contributed by atoms with Gasteiger partial charge in [0.2, 0.25) is 0 Å². The lowest BCUT2D eigenvalue weighted by molar-refractivity contribution is 0.590. The molecule has 108 valence electrons. The Morgan fingerprint density at radius 1 is 1.35 bits per heavy atom. The number of thiazole rings is 1. The van der Waals surface area contributed by atoms with Gasteiger partial charge in [-0.2, -0.15) is 0 Å². The van der Waals surface area contributed by atoms with Crippen LogP contribution in [0.15, 0.2) is 22.7 Å². The number of hydrogen-bond acceptors (Lipinski definition) is 3. The van der Waals surface area contributed by atoms with E-state index in [0.29, 0.717) is 6.04 Å². The third kappa shape index (κ3) is 3.87. The third-order valence-electron chi connectivity index (χ3n) is 2.89. The van der Waals surface area contributed by atoms with E-state index >= 15 is 0 Å². The number of nitrogens with zero attached hydrogens (tertiary/aromatic N) is 1. The molecule has 5 heteroatoms. The van der Waals surface area contributed by atoms with E-state index in [9.17, 15) is 4.39 Å². The van der Waals surface area contributed by atoms with Gasteiger partial charge in [0.15, 0.2) is 0 Å². The lowest BCUT2D eigenvalue weighted by atomic mass is 10.2. The van der Waals surface area contributed by atoms with Crippen LogP contribution in [0.5, 0.6) is 0 Å². The molecule has 0 fully saturated rings. The first-order valence-corrected chi connectivity index (χ1v) is 8.29. The predicted molar refractivity (Wildman–Crippen MR) is 86.6 cm³/mol. The first-order valence-electron chi connectivity index (χ1n) is 6.68. The zero-order valence-electron chi connectivity index (χ0n) is 11.8. The fourth-order valence-electron chi connectivity index (χ4n) is 1.90. The van der Waals surface area contributed by atoms with Crippen molar-refractivity contribution in [1.82, 2.24) is 10.3 Å². The number of aromatic nitrogens is 1. The van der Waals surface area contributed by atoms with Crippen molar-refractivity contribution in [2.45, 2.75) is 39.8 Å². The average molecular weight is 357 g/mol. The van der Waals surface area contributed by atoms with Crippen molar-refractivity contribution in [2.24, 2.45) is 0 Å². The molecule has 0 atom stereocenters. The quantitative estimate of drug-likeness (QED) is 0.834. The summed E-state index contributed by atoms with van der Waals surface area (Å²) < 4.78 is 14.2. The van der Waals surface area contributed by atoms with Gasteiger partial charge >= 0.3 is 0 Å². The Bertz CT molecular complexity index is 575. The molecule has 2 rings (SSSR count). The maximum Gasteiger partial charge on any atom is 0.125 e. The molecule has 2 nitrogen and oxygen atoms in total. The Kier molecular flexibility index (Phi) is 5.29. The van der Waals surface area contributed by atoms with Crippen LogP contribution in [0.4, 0.5) is 4.39 Å². The fourth-order valence-corrected chi connectivity index (χ4v) is 3.45. The number of nitrogens with one attached hydrogen (secondary N) is 1. The monoisotopic (exact) mass is 356 g/mol. The lowest BCUT2D eigenvalue weighted by Gasteiger charge is -2.06. The molecule has 0 radical (unpaired) electrons. The summed E-state index contributed by atoms with van der Waals surface area (Å²) in [4.78, 5) is 5.88. The molecule has 20 heavy (non-hydrogen) atoms. The second-order valence-corrected chi connectivity index (χ2v) is 6.94. The van der Waals surface area contributed by atoms with Crippen molar-refractivity contribution >= 4 is 27.3 Å². The minimum Gasteiger partial charge on any atom is -0.310 e. The molecule has 1 aromatic carbocycles. The van der Waals surface area contributed by atoms with E-state index in [1.54, 1.807) is 11.3 Å². The minimum absolute atomic E-state index is 0.246. The Morgan fingerprint density at radius 2 is 2.10 bits per heavy atom. The SMILES string of the molecule is CCc1nc(-c2cc(F)cc(Br)c2)sc1CNC(C)C. The molecule has 1 aromatic heterocycles. The first-order chi connectivity index (χ1) is 9.49. The van der Waals surface area contributed by atoms with Crippen molar-refractivity contribution < 1.29 is 4.39 Å². The van der Waals surface area contributed by atoms with Gasteiger partial charge in [-0.25, -0.2) is 9.37 Å². The molecule has 0 saturated heterocycles. The molecule has 1 N–H and O–H groups in total. The van der Waals surface area contributed by atoms with Crippen LogP contribution < -0.4 is 5.32 Å². The highest BCUT2D eigenvalue weighted by molar-refractivity contribution is 9.10. The Hall–Kier alpha value is -0.780. The predicted octanol–water partition coefficient (Wildman–Crippen LogP) is 4.77.